The average molecular weight is 484 g/mol. The predicted molar refractivity (Wildman–Crippen MR) is 125 cm³/mol. The lowest BCUT2D eigenvalue weighted by Crippen LogP contribution is -2.48. The van der Waals surface area contributed by atoms with E-state index in [2.05, 4.69) is 10.6 Å². The Hall–Kier alpha value is -3.46. The Bertz CT molecular complexity index is 1090. The molecule has 178 valence electrons. The molecule has 3 amide bonds. The number of amides is 3. The fraction of sp³-hybridized carbons (Fsp3) is 0.320. The van der Waals surface area contributed by atoms with E-state index in [1.54, 1.807) is 18.2 Å². The van der Waals surface area contributed by atoms with Gasteiger partial charge in [-0.15, -0.1) is 11.3 Å². The first-order valence-corrected chi connectivity index (χ1v) is 12.1. The van der Waals surface area contributed by atoms with Crippen LogP contribution in [-0.2, 0) is 16.1 Å². The standard InChI is InChI=1S/C25H26FN3O4S/c26-18-11-9-17(10-12-18)16-29(22(30)15-27-24(31)20-7-3-13-33-20)23(21-8-4-14-34-21)25(32)28-19-5-1-2-6-19/h3-4,7-14,19,23H,1-2,5-6,15-16H2,(H,27,31)(H,28,32). The largest absolute Gasteiger partial charge is 0.459 e. The van der Waals surface area contributed by atoms with Crippen LogP contribution in [0.4, 0.5) is 4.39 Å². The zero-order chi connectivity index (χ0) is 23.9. The highest BCUT2D eigenvalue weighted by molar-refractivity contribution is 7.10. The summed E-state index contributed by atoms with van der Waals surface area (Å²) < 4.78 is 18.5. The van der Waals surface area contributed by atoms with Crippen molar-refractivity contribution in [1.82, 2.24) is 15.5 Å². The summed E-state index contributed by atoms with van der Waals surface area (Å²) in [7, 11) is 0. The third kappa shape index (κ3) is 5.91. The maximum absolute atomic E-state index is 13.5. The fourth-order valence-corrected chi connectivity index (χ4v) is 4.92. The molecule has 2 heterocycles. The van der Waals surface area contributed by atoms with Gasteiger partial charge < -0.3 is 20.0 Å². The Morgan fingerprint density at radius 2 is 1.85 bits per heavy atom. The maximum Gasteiger partial charge on any atom is 0.287 e. The molecule has 1 unspecified atom stereocenters. The molecular formula is C25H26FN3O4S. The van der Waals surface area contributed by atoms with E-state index in [1.807, 2.05) is 17.5 Å². The summed E-state index contributed by atoms with van der Waals surface area (Å²) in [6.07, 6.45) is 5.32. The number of carbonyl (C=O) groups excluding carboxylic acids is 3. The van der Waals surface area contributed by atoms with E-state index in [1.165, 1.54) is 40.7 Å². The highest BCUT2D eigenvalue weighted by Crippen LogP contribution is 2.29. The van der Waals surface area contributed by atoms with E-state index in [4.69, 9.17) is 4.42 Å². The first kappa shape index (κ1) is 23.7. The Morgan fingerprint density at radius 1 is 1.09 bits per heavy atom. The molecule has 1 aliphatic rings. The van der Waals surface area contributed by atoms with Crippen LogP contribution in [0.25, 0.3) is 0 Å². The SMILES string of the molecule is O=C(NCC(=O)N(Cc1ccc(F)cc1)C(C(=O)NC1CCCC1)c1cccs1)c1ccco1. The highest BCUT2D eigenvalue weighted by Gasteiger charge is 2.34. The molecule has 0 spiro atoms. The Morgan fingerprint density at radius 3 is 2.50 bits per heavy atom. The van der Waals surface area contributed by atoms with Crippen molar-refractivity contribution in [2.24, 2.45) is 0 Å². The molecule has 7 nitrogen and oxygen atoms in total. The van der Waals surface area contributed by atoms with Crippen LogP contribution in [0.15, 0.2) is 64.6 Å². The lowest BCUT2D eigenvalue weighted by molar-refractivity contribution is -0.141. The topological polar surface area (TPSA) is 91.7 Å². The van der Waals surface area contributed by atoms with Crippen molar-refractivity contribution in [1.29, 1.82) is 0 Å². The molecule has 1 saturated carbocycles. The zero-order valence-electron chi connectivity index (χ0n) is 18.5. The van der Waals surface area contributed by atoms with Crippen LogP contribution in [0.2, 0.25) is 0 Å². The summed E-state index contributed by atoms with van der Waals surface area (Å²) in [4.78, 5) is 41.3. The van der Waals surface area contributed by atoms with Crippen molar-refractivity contribution in [3.05, 3.63) is 82.2 Å². The molecule has 0 bridgehead atoms. The van der Waals surface area contributed by atoms with Gasteiger partial charge in [-0.3, -0.25) is 14.4 Å². The predicted octanol–water partition coefficient (Wildman–Crippen LogP) is 4.04. The van der Waals surface area contributed by atoms with Crippen LogP contribution >= 0.6 is 11.3 Å². The molecule has 3 aromatic rings. The molecule has 1 atom stereocenters. The second-order valence-electron chi connectivity index (χ2n) is 8.22. The summed E-state index contributed by atoms with van der Waals surface area (Å²) in [5.74, 6) is -1.53. The van der Waals surface area contributed by atoms with Crippen LogP contribution in [0, 0.1) is 5.82 Å². The fourth-order valence-electron chi connectivity index (χ4n) is 4.08. The van der Waals surface area contributed by atoms with Gasteiger partial charge in [0.15, 0.2) is 5.76 Å². The van der Waals surface area contributed by atoms with Gasteiger partial charge in [0.25, 0.3) is 5.91 Å². The molecule has 2 aromatic heterocycles. The van der Waals surface area contributed by atoms with Gasteiger partial charge in [-0.2, -0.15) is 0 Å². The zero-order valence-corrected chi connectivity index (χ0v) is 19.4. The molecule has 0 saturated heterocycles. The molecule has 1 aliphatic carbocycles. The van der Waals surface area contributed by atoms with Crippen molar-refractivity contribution in [2.75, 3.05) is 6.54 Å². The monoisotopic (exact) mass is 483 g/mol. The molecule has 4 rings (SSSR count). The first-order chi connectivity index (χ1) is 16.5. The second-order valence-corrected chi connectivity index (χ2v) is 9.20. The van der Waals surface area contributed by atoms with Crippen LogP contribution in [0.3, 0.4) is 0 Å². The molecule has 9 heteroatoms. The van der Waals surface area contributed by atoms with Crippen molar-refractivity contribution in [3.8, 4) is 0 Å². The Labute approximate surface area is 200 Å². The van der Waals surface area contributed by atoms with Crippen LogP contribution in [0.1, 0.15) is 52.7 Å². The molecule has 1 fully saturated rings. The van der Waals surface area contributed by atoms with Gasteiger partial charge in [0.1, 0.15) is 11.9 Å². The third-order valence-corrected chi connectivity index (χ3v) is 6.73. The Balaban J connectivity index is 1.58. The highest BCUT2D eigenvalue weighted by atomic mass is 32.1. The van der Waals surface area contributed by atoms with E-state index >= 15 is 0 Å². The quantitative estimate of drug-likeness (QED) is 0.481. The van der Waals surface area contributed by atoms with Gasteiger partial charge in [-0.1, -0.05) is 31.0 Å². The lowest BCUT2D eigenvalue weighted by atomic mass is 10.1. The number of benzene rings is 1. The van der Waals surface area contributed by atoms with Crippen molar-refractivity contribution in [2.45, 2.75) is 44.3 Å². The first-order valence-electron chi connectivity index (χ1n) is 11.2. The van der Waals surface area contributed by atoms with Gasteiger partial charge in [-0.25, -0.2) is 4.39 Å². The Kier molecular flexibility index (Phi) is 7.74. The summed E-state index contributed by atoms with van der Waals surface area (Å²) in [5.41, 5.74) is 0.669. The van der Waals surface area contributed by atoms with Crippen LogP contribution < -0.4 is 10.6 Å². The van der Waals surface area contributed by atoms with Crippen molar-refractivity contribution >= 4 is 29.1 Å². The van der Waals surface area contributed by atoms with Gasteiger partial charge in [0.2, 0.25) is 11.8 Å². The summed E-state index contributed by atoms with van der Waals surface area (Å²) in [6, 6.07) is 11.7. The number of thiophene rings is 1. The van der Waals surface area contributed by atoms with E-state index in [0.29, 0.717) is 10.4 Å². The summed E-state index contributed by atoms with van der Waals surface area (Å²) in [6.45, 7) is -0.240. The maximum atomic E-state index is 13.5. The van der Waals surface area contributed by atoms with Crippen molar-refractivity contribution < 1.29 is 23.2 Å². The number of furan rings is 1. The van der Waals surface area contributed by atoms with Gasteiger partial charge in [0.05, 0.1) is 12.8 Å². The lowest BCUT2D eigenvalue weighted by Gasteiger charge is -2.31. The number of nitrogens with one attached hydrogen (secondary N) is 2. The van der Waals surface area contributed by atoms with Gasteiger partial charge >= 0.3 is 0 Å². The minimum absolute atomic E-state index is 0.0798. The number of carbonyl (C=O) groups is 3. The minimum Gasteiger partial charge on any atom is -0.459 e. The molecule has 2 N–H and O–H groups in total. The number of halogens is 1. The molecule has 34 heavy (non-hydrogen) atoms. The van der Waals surface area contributed by atoms with Gasteiger partial charge in [0, 0.05) is 17.5 Å². The molecular weight excluding hydrogens is 457 g/mol. The van der Waals surface area contributed by atoms with E-state index in [-0.39, 0.29) is 36.6 Å². The van der Waals surface area contributed by atoms with Crippen LogP contribution in [0.5, 0.6) is 0 Å². The van der Waals surface area contributed by atoms with Gasteiger partial charge in [-0.05, 0) is 54.1 Å². The minimum atomic E-state index is -0.876. The summed E-state index contributed by atoms with van der Waals surface area (Å²) in [5, 5.41) is 7.51. The van der Waals surface area contributed by atoms with E-state index < -0.39 is 17.9 Å². The number of rotatable bonds is 9. The molecule has 1 aromatic carbocycles. The third-order valence-electron chi connectivity index (χ3n) is 5.81. The molecule has 0 aliphatic heterocycles. The van der Waals surface area contributed by atoms with Crippen LogP contribution in [-0.4, -0.2) is 35.2 Å². The normalized spacial score (nSPS) is 14.5. The average Bonchev–Trinajstić information content (AvgIpc) is 3.62. The van der Waals surface area contributed by atoms with E-state index in [0.717, 1.165) is 25.7 Å². The smallest absolute Gasteiger partial charge is 0.287 e. The van der Waals surface area contributed by atoms with E-state index in [9.17, 15) is 18.8 Å². The number of hydrogen-bond acceptors (Lipinski definition) is 5. The molecule has 0 radical (unpaired) electrons. The number of hydrogen-bond donors (Lipinski definition) is 2. The number of nitrogens with zero attached hydrogens (tertiary/aromatic N) is 1. The summed E-state index contributed by atoms with van der Waals surface area (Å²) >= 11 is 1.38. The van der Waals surface area contributed by atoms with Crippen molar-refractivity contribution in [3.63, 3.8) is 0 Å². The second kappa shape index (κ2) is 11.1.